The van der Waals surface area contributed by atoms with Gasteiger partial charge >= 0.3 is 0 Å². The van der Waals surface area contributed by atoms with Crippen molar-refractivity contribution in [2.24, 2.45) is 7.05 Å². The maximum Gasteiger partial charge on any atom is 0.244 e. The lowest BCUT2D eigenvalue weighted by molar-refractivity contribution is 0.284. The number of nitrogens with zero attached hydrogens (tertiary/aromatic N) is 4. The van der Waals surface area contributed by atoms with Gasteiger partial charge in [0.25, 0.3) is 0 Å². The highest BCUT2D eigenvalue weighted by Crippen LogP contribution is 2.23. The minimum atomic E-state index is -3.52. The average Bonchev–Trinajstić information content (AvgIpc) is 2.74. The topological polar surface area (TPSA) is 80.1 Å². The summed E-state index contributed by atoms with van der Waals surface area (Å²) in [6.45, 7) is 5.58. The van der Waals surface area contributed by atoms with Crippen molar-refractivity contribution in [1.29, 1.82) is 0 Å². The molecule has 0 saturated carbocycles. The molecule has 2 aromatic heterocycles. The van der Waals surface area contributed by atoms with Gasteiger partial charge in [-0.2, -0.15) is 9.40 Å². The van der Waals surface area contributed by atoms with Crippen molar-refractivity contribution in [2.45, 2.75) is 24.8 Å². The van der Waals surface area contributed by atoms with Crippen molar-refractivity contribution in [3.05, 3.63) is 18.0 Å². The molecule has 7 nitrogen and oxygen atoms in total. The molecule has 22 heavy (non-hydrogen) atoms. The molecule has 0 aromatic carbocycles. The number of piperazine rings is 1. The number of rotatable bonds is 2. The van der Waals surface area contributed by atoms with Gasteiger partial charge in [0.15, 0.2) is 5.65 Å². The second kappa shape index (κ2) is 6.11. The Morgan fingerprint density at radius 3 is 2.82 bits per heavy atom. The molecule has 1 saturated heterocycles. The summed E-state index contributed by atoms with van der Waals surface area (Å²) >= 11 is 0. The van der Waals surface area contributed by atoms with Gasteiger partial charge in [-0.05, 0) is 19.9 Å². The van der Waals surface area contributed by atoms with E-state index < -0.39 is 10.0 Å². The van der Waals surface area contributed by atoms with Gasteiger partial charge in [0, 0.05) is 44.3 Å². The molecule has 2 aromatic rings. The zero-order valence-corrected chi connectivity index (χ0v) is 14.4. The molecule has 0 bridgehead atoms. The smallest absolute Gasteiger partial charge is 0.244 e. The first-order valence-electron chi connectivity index (χ1n) is 6.93. The zero-order chi connectivity index (χ0) is 15.2. The second-order valence-electron chi connectivity index (χ2n) is 5.42. The Labute approximate surface area is 136 Å². The van der Waals surface area contributed by atoms with Gasteiger partial charge < -0.3 is 5.32 Å². The van der Waals surface area contributed by atoms with Crippen LogP contribution in [-0.4, -0.2) is 53.2 Å². The van der Waals surface area contributed by atoms with Crippen molar-refractivity contribution in [2.75, 3.05) is 19.6 Å². The van der Waals surface area contributed by atoms with Crippen molar-refractivity contribution >= 4 is 33.5 Å². The second-order valence-corrected chi connectivity index (χ2v) is 7.31. The van der Waals surface area contributed by atoms with Crippen LogP contribution in [0.1, 0.15) is 12.6 Å². The number of halogens is 1. The van der Waals surface area contributed by atoms with E-state index in [1.807, 2.05) is 13.8 Å². The van der Waals surface area contributed by atoms with Gasteiger partial charge in [-0.1, -0.05) is 0 Å². The maximum atomic E-state index is 12.8. The minimum Gasteiger partial charge on any atom is -0.314 e. The molecule has 1 aliphatic heterocycles. The molecule has 3 heterocycles. The maximum absolute atomic E-state index is 12.8. The highest BCUT2D eigenvalue weighted by atomic mass is 35.5. The Hall–Kier alpha value is -1.22. The predicted octanol–water partition coefficient (Wildman–Crippen LogP) is 0.681. The first-order chi connectivity index (χ1) is 9.91. The van der Waals surface area contributed by atoms with E-state index in [0.29, 0.717) is 25.3 Å². The number of fused-ring (bicyclic) bond motifs is 1. The van der Waals surface area contributed by atoms with Crippen LogP contribution in [-0.2, 0) is 17.1 Å². The Bertz CT molecular complexity index is 789. The lowest BCUT2D eigenvalue weighted by Crippen LogP contribution is -2.52. The van der Waals surface area contributed by atoms with Crippen molar-refractivity contribution in [1.82, 2.24) is 24.4 Å². The van der Waals surface area contributed by atoms with Crippen molar-refractivity contribution in [3.8, 4) is 0 Å². The summed E-state index contributed by atoms with van der Waals surface area (Å²) in [6, 6.07) is 1.61. The summed E-state index contributed by atoms with van der Waals surface area (Å²) in [5, 5.41) is 8.25. The number of hydrogen-bond acceptors (Lipinski definition) is 5. The van der Waals surface area contributed by atoms with Crippen LogP contribution in [0.3, 0.4) is 0 Å². The van der Waals surface area contributed by atoms with Crippen LogP contribution in [0, 0.1) is 6.92 Å². The SMILES string of the molecule is Cc1nn(C)c2ncc(S(=O)(=O)N3CCNCC3C)cc12.Cl. The van der Waals surface area contributed by atoms with Crippen LogP contribution < -0.4 is 5.32 Å². The Morgan fingerprint density at radius 2 is 2.14 bits per heavy atom. The van der Waals surface area contributed by atoms with Gasteiger partial charge in [-0.3, -0.25) is 4.68 Å². The van der Waals surface area contributed by atoms with Crippen LogP contribution in [0.25, 0.3) is 11.0 Å². The van der Waals surface area contributed by atoms with Gasteiger partial charge in [0.1, 0.15) is 4.90 Å². The van der Waals surface area contributed by atoms with Crippen LogP contribution in [0.15, 0.2) is 17.2 Å². The largest absolute Gasteiger partial charge is 0.314 e. The van der Waals surface area contributed by atoms with Crippen molar-refractivity contribution in [3.63, 3.8) is 0 Å². The summed E-state index contributed by atoms with van der Waals surface area (Å²) in [6.07, 6.45) is 1.42. The molecule has 0 amide bonds. The normalized spacial score (nSPS) is 20.0. The lowest BCUT2D eigenvalue weighted by atomic mass is 10.3. The fourth-order valence-corrected chi connectivity index (χ4v) is 4.35. The first kappa shape index (κ1) is 17.1. The van der Waals surface area contributed by atoms with E-state index in [1.165, 1.54) is 10.5 Å². The molecule has 1 aliphatic rings. The fourth-order valence-electron chi connectivity index (χ4n) is 2.74. The molecule has 1 fully saturated rings. The standard InChI is InChI=1S/C13H19N5O2S.ClH/c1-9-7-14-4-5-18(9)21(19,20)11-6-12-10(2)16-17(3)13(12)15-8-11;/h6,8-9,14H,4-5,7H2,1-3H3;1H. The summed E-state index contributed by atoms with van der Waals surface area (Å²) in [5.74, 6) is 0. The number of aryl methyl sites for hydroxylation is 2. The quantitative estimate of drug-likeness (QED) is 0.865. The highest BCUT2D eigenvalue weighted by molar-refractivity contribution is 7.89. The summed E-state index contributed by atoms with van der Waals surface area (Å²) < 4.78 is 28.8. The number of hydrogen-bond donors (Lipinski definition) is 1. The predicted molar refractivity (Wildman–Crippen MR) is 86.7 cm³/mol. The molecule has 1 unspecified atom stereocenters. The van der Waals surface area contributed by atoms with E-state index in [-0.39, 0.29) is 23.3 Å². The number of sulfonamides is 1. The molecular formula is C13H20ClN5O2S. The van der Waals surface area contributed by atoms with E-state index in [9.17, 15) is 8.42 Å². The van der Waals surface area contributed by atoms with E-state index in [4.69, 9.17) is 0 Å². The van der Waals surface area contributed by atoms with Crippen LogP contribution in [0.4, 0.5) is 0 Å². The van der Waals surface area contributed by atoms with Gasteiger partial charge in [0.05, 0.1) is 5.69 Å². The molecular weight excluding hydrogens is 326 g/mol. The molecule has 3 rings (SSSR count). The summed E-state index contributed by atoms with van der Waals surface area (Å²) in [5.41, 5.74) is 1.48. The van der Waals surface area contributed by atoms with Gasteiger partial charge in [0.2, 0.25) is 10.0 Å². The van der Waals surface area contributed by atoms with Gasteiger partial charge in [-0.15, -0.1) is 12.4 Å². The van der Waals surface area contributed by atoms with Crippen LogP contribution in [0.5, 0.6) is 0 Å². The Balaban J connectivity index is 0.00000176. The Morgan fingerprint density at radius 1 is 1.41 bits per heavy atom. The Kier molecular flexibility index (Phi) is 4.76. The summed E-state index contributed by atoms with van der Waals surface area (Å²) in [4.78, 5) is 4.50. The van der Waals surface area contributed by atoms with Crippen LogP contribution in [0.2, 0.25) is 0 Å². The molecule has 1 N–H and O–H groups in total. The van der Waals surface area contributed by atoms with E-state index in [0.717, 1.165) is 11.1 Å². The molecule has 0 radical (unpaired) electrons. The number of nitrogens with one attached hydrogen (secondary N) is 1. The average molecular weight is 346 g/mol. The monoisotopic (exact) mass is 345 g/mol. The summed E-state index contributed by atoms with van der Waals surface area (Å²) in [7, 11) is -1.72. The van der Waals surface area contributed by atoms with E-state index in [1.54, 1.807) is 17.8 Å². The minimum absolute atomic E-state index is 0. The molecule has 0 aliphatic carbocycles. The third-order valence-corrected chi connectivity index (χ3v) is 5.86. The third kappa shape index (κ3) is 2.71. The van der Waals surface area contributed by atoms with Gasteiger partial charge in [-0.25, -0.2) is 13.4 Å². The van der Waals surface area contributed by atoms with E-state index in [2.05, 4.69) is 15.4 Å². The van der Waals surface area contributed by atoms with E-state index >= 15 is 0 Å². The lowest BCUT2D eigenvalue weighted by Gasteiger charge is -2.32. The molecule has 0 spiro atoms. The number of aromatic nitrogens is 3. The molecule has 122 valence electrons. The third-order valence-electron chi connectivity index (χ3n) is 3.88. The van der Waals surface area contributed by atoms with Crippen LogP contribution >= 0.6 is 12.4 Å². The first-order valence-corrected chi connectivity index (χ1v) is 8.37. The fraction of sp³-hybridized carbons (Fsp3) is 0.538. The number of pyridine rings is 1. The molecule has 9 heteroatoms. The van der Waals surface area contributed by atoms with Crippen molar-refractivity contribution < 1.29 is 8.42 Å². The zero-order valence-electron chi connectivity index (χ0n) is 12.8. The highest BCUT2D eigenvalue weighted by Gasteiger charge is 2.31. The molecule has 1 atom stereocenters.